The number of hydrogen-bond donors (Lipinski definition) is 1. The smallest absolute Gasteiger partial charge is 0.139 e. The Morgan fingerprint density at radius 2 is 2.42 bits per heavy atom. The van der Waals surface area contributed by atoms with Crippen LogP contribution < -0.4 is 5.73 Å². The van der Waals surface area contributed by atoms with Crippen LogP contribution in [0.1, 0.15) is 5.69 Å². The van der Waals surface area contributed by atoms with Crippen LogP contribution in [0.4, 0.5) is 0 Å². The van der Waals surface area contributed by atoms with Crippen LogP contribution in [0.25, 0.3) is 11.0 Å². The van der Waals surface area contributed by atoms with Crippen LogP contribution in [0.15, 0.2) is 24.4 Å². The van der Waals surface area contributed by atoms with E-state index in [4.69, 9.17) is 5.73 Å². The first-order chi connectivity index (χ1) is 5.83. The number of hydrogen-bond acceptors (Lipinski definition) is 2. The molecule has 62 valence electrons. The highest BCUT2D eigenvalue weighted by molar-refractivity contribution is 5.77. The summed E-state index contributed by atoms with van der Waals surface area (Å²) in [5.41, 5.74) is 7.68. The van der Waals surface area contributed by atoms with Crippen molar-refractivity contribution in [1.29, 1.82) is 0 Å². The first kappa shape index (κ1) is 7.31. The first-order valence-electron chi connectivity index (χ1n) is 3.92. The van der Waals surface area contributed by atoms with Crippen LogP contribution in [-0.2, 0) is 13.6 Å². The van der Waals surface area contributed by atoms with Crippen LogP contribution in [-0.4, -0.2) is 9.55 Å². The first-order valence-corrected chi connectivity index (χ1v) is 3.92. The summed E-state index contributed by atoms with van der Waals surface area (Å²) in [7, 11) is 1.98. The zero-order valence-corrected chi connectivity index (χ0v) is 6.99. The van der Waals surface area contributed by atoms with Crippen molar-refractivity contribution in [2.24, 2.45) is 12.8 Å². The molecule has 2 aromatic heterocycles. The fourth-order valence-electron chi connectivity index (χ4n) is 1.41. The second-order valence-electron chi connectivity index (χ2n) is 2.82. The summed E-state index contributed by atoms with van der Waals surface area (Å²) >= 11 is 0. The van der Waals surface area contributed by atoms with Crippen molar-refractivity contribution in [3.8, 4) is 0 Å². The average Bonchev–Trinajstić information content (AvgIpc) is 2.44. The van der Waals surface area contributed by atoms with Gasteiger partial charge in [-0.25, -0.2) is 4.98 Å². The Morgan fingerprint density at radius 3 is 3.08 bits per heavy atom. The van der Waals surface area contributed by atoms with Crippen molar-refractivity contribution in [3.63, 3.8) is 0 Å². The minimum atomic E-state index is 0.562. The van der Waals surface area contributed by atoms with E-state index < -0.39 is 0 Å². The third kappa shape index (κ3) is 0.905. The number of fused-ring (bicyclic) bond motifs is 1. The summed E-state index contributed by atoms with van der Waals surface area (Å²) in [5, 5.41) is 1.15. The molecule has 2 N–H and O–H groups in total. The lowest BCUT2D eigenvalue weighted by Crippen LogP contribution is -2.02. The Balaban J connectivity index is 2.78. The van der Waals surface area contributed by atoms with E-state index in [0.717, 1.165) is 16.7 Å². The van der Waals surface area contributed by atoms with Crippen LogP contribution in [0.3, 0.4) is 0 Å². The minimum Gasteiger partial charge on any atom is -0.331 e. The maximum atomic E-state index is 5.57. The molecule has 0 amide bonds. The van der Waals surface area contributed by atoms with Gasteiger partial charge in [-0.3, -0.25) is 0 Å². The standard InChI is InChI=1S/C9H11N3/c1-12-8(6-10)5-7-3-2-4-11-9(7)12/h2-5H,6,10H2,1H3. The SMILES string of the molecule is Cn1c(CN)cc2cccnc21. The molecule has 12 heavy (non-hydrogen) atoms. The summed E-state index contributed by atoms with van der Waals surface area (Å²) in [5.74, 6) is 0. The molecule has 2 heterocycles. The van der Waals surface area contributed by atoms with Crippen LogP contribution >= 0.6 is 0 Å². The van der Waals surface area contributed by atoms with Gasteiger partial charge in [0.05, 0.1) is 0 Å². The Bertz CT molecular complexity index is 403. The van der Waals surface area contributed by atoms with Gasteiger partial charge >= 0.3 is 0 Å². The lowest BCUT2D eigenvalue weighted by molar-refractivity contribution is 0.839. The zero-order chi connectivity index (χ0) is 8.55. The van der Waals surface area contributed by atoms with E-state index in [1.54, 1.807) is 6.20 Å². The molecule has 0 atom stereocenters. The fraction of sp³-hybridized carbons (Fsp3) is 0.222. The lowest BCUT2D eigenvalue weighted by atomic mass is 10.3. The van der Waals surface area contributed by atoms with E-state index in [1.165, 1.54) is 0 Å². The fourth-order valence-corrected chi connectivity index (χ4v) is 1.41. The van der Waals surface area contributed by atoms with Crippen LogP contribution in [0.5, 0.6) is 0 Å². The molecule has 0 radical (unpaired) electrons. The normalized spacial score (nSPS) is 10.8. The van der Waals surface area contributed by atoms with Gasteiger partial charge in [-0.05, 0) is 18.2 Å². The molecule has 0 aromatic carbocycles. The average molecular weight is 161 g/mol. The number of nitrogens with zero attached hydrogens (tertiary/aromatic N) is 2. The van der Waals surface area contributed by atoms with E-state index in [-0.39, 0.29) is 0 Å². The third-order valence-corrected chi connectivity index (χ3v) is 2.10. The second-order valence-corrected chi connectivity index (χ2v) is 2.82. The summed E-state index contributed by atoms with van der Waals surface area (Å²) in [6, 6.07) is 6.05. The molecule has 2 aromatic rings. The van der Waals surface area contributed by atoms with E-state index in [0.29, 0.717) is 6.54 Å². The van der Waals surface area contributed by atoms with Gasteiger partial charge in [0, 0.05) is 30.9 Å². The summed E-state index contributed by atoms with van der Waals surface area (Å²) in [6.45, 7) is 0.562. The van der Waals surface area contributed by atoms with Crippen molar-refractivity contribution in [1.82, 2.24) is 9.55 Å². The molecule has 3 nitrogen and oxygen atoms in total. The van der Waals surface area contributed by atoms with Gasteiger partial charge < -0.3 is 10.3 Å². The highest BCUT2D eigenvalue weighted by Gasteiger charge is 2.02. The molecule has 2 rings (SSSR count). The van der Waals surface area contributed by atoms with Crippen molar-refractivity contribution in [2.75, 3.05) is 0 Å². The molecule has 0 bridgehead atoms. The zero-order valence-electron chi connectivity index (χ0n) is 6.99. The van der Waals surface area contributed by atoms with E-state index in [2.05, 4.69) is 11.1 Å². The second kappa shape index (κ2) is 2.60. The molecular formula is C9H11N3. The third-order valence-electron chi connectivity index (χ3n) is 2.10. The largest absolute Gasteiger partial charge is 0.331 e. The minimum absolute atomic E-state index is 0.562. The van der Waals surface area contributed by atoms with Gasteiger partial charge in [0.1, 0.15) is 5.65 Å². The number of pyridine rings is 1. The molecule has 0 aliphatic heterocycles. The molecular weight excluding hydrogens is 150 g/mol. The molecule has 0 aliphatic rings. The van der Waals surface area contributed by atoms with Gasteiger partial charge in [0.25, 0.3) is 0 Å². The van der Waals surface area contributed by atoms with E-state index in [9.17, 15) is 0 Å². The van der Waals surface area contributed by atoms with Crippen molar-refractivity contribution < 1.29 is 0 Å². The molecule has 0 aliphatic carbocycles. The monoisotopic (exact) mass is 161 g/mol. The molecule has 3 heteroatoms. The van der Waals surface area contributed by atoms with E-state index >= 15 is 0 Å². The Kier molecular flexibility index (Phi) is 1.59. The predicted molar refractivity (Wildman–Crippen MR) is 48.6 cm³/mol. The van der Waals surface area contributed by atoms with Gasteiger partial charge in [-0.2, -0.15) is 0 Å². The molecule has 0 fully saturated rings. The maximum absolute atomic E-state index is 5.57. The molecule has 0 saturated heterocycles. The highest BCUT2D eigenvalue weighted by atomic mass is 15.0. The van der Waals surface area contributed by atoms with Crippen LogP contribution in [0, 0.1) is 0 Å². The predicted octanol–water partition coefficient (Wildman–Crippen LogP) is 1.03. The maximum Gasteiger partial charge on any atom is 0.139 e. The number of aromatic nitrogens is 2. The molecule has 0 saturated carbocycles. The topological polar surface area (TPSA) is 43.8 Å². The van der Waals surface area contributed by atoms with Crippen molar-refractivity contribution in [3.05, 3.63) is 30.1 Å². The Morgan fingerprint density at radius 1 is 1.58 bits per heavy atom. The number of rotatable bonds is 1. The number of aryl methyl sites for hydroxylation is 1. The van der Waals surface area contributed by atoms with Gasteiger partial charge in [0.2, 0.25) is 0 Å². The highest BCUT2D eigenvalue weighted by Crippen LogP contribution is 2.14. The quantitative estimate of drug-likeness (QED) is 0.679. The summed E-state index contributed by atoms with van der Waals surface area (Å²) in [6.07, 6.45) is 1.79. The Labute approximate surface area is 70.8 Å². The molecule has 0 unspecified atom stereocenters. The summed E-state index contributed by atoms with van der Waals surface area (Å²) in [4.78, 5) is 4.26. The lowest BCUT2D eigenvalue weighted by Gasteiger charge is -1.98. The van der Waals surface area contributed by atoms with Gasteiger partial charge in [-0.15, -0.1) is 0 Å². The summed E-state index contributed by atoms with van der Waals surface area (Å²) < 4.78 is 2.02. The van der Waals surface area contributed by atoms with Gasteiger partial charge in [0.15, 0.2) is 0 Å². The van der Waals surface area contributed by atoms with E-state index in [1.807, 2.05) is 23.7 Å². The Hall–Kier alpha value is -1.35. The molecule has 0 spiro atoms. The van der Waals surface area contributed by atoms with Gasteiger partial charge in [-0.1, -0.05) is 0 Å². The van der Waals surface area contributed by atoms with Crippen molar-refractivity contribution in [2.45, 2.75) is 6.54 Å². The number of nitrogens with two attached hydrogens (primary N) is 1. The van der Waals surface area contributed by atoms with Crippen molar-refractivity contribution >= 4 is 11.0 Å². The van der Waals surface area contributed by atoms with Crippen LogP contribution in [0.2, 0.25) is 0 Å².